The van der Waals surface area contributed by atoms with Gasteiger partial charge in [-0.3, -0.25) is 14.4 Å². The maximum atomic E-state index is 13.4. The van der Waals surface area contributed by atoms with E-state index in [-0.39, 0.29) is 41.2 Å². The highest BCUT2D eigenvalue weighted by atomic mass is 19.1. The summed E-state index contributed by atoms with van der Waals surface area (Å²) in [5.41, 5.74) is -0.132. The van der Waals surface area contributed by atoms with Crippen LogP contribution in [0.2, 0.25) is 0 Å². The molecule has 3 amide bonds. The van der Waals surface area contributed by atoms with E-state index in [0.717, 1.165) is 12.1 Å². The van der Waals surface area contributed by atoms with Crippen molar-refractivity contribution in [3.05, 3.63) is 29.8 Å². The first-order valence-electron chi connectivity index (χ1n) is 11.0. The molecule has 0 radical (unpaired) electrons. The number of benzene rings is 1. The Hall–Kier alpha value is -3.04. The van der Waals surface area contributed by atoms with E-state index >= 15 is 0 Å². The Bertz CT molecular complexity index is 965. The number of nitrogens with zero attached hydrogens (tertiary/aromatic N) is 1. The maximum absolute atomic E-state index is 13.4. The normalized spacial score (nSPS) is 28.0. The van der Waals surface area contributed by atoms with Crippen molar-refractivity contribution in [1.82, 2.24) is 15.5 Å². The number of carbonyl (C=O) groups is 4. The van der Waals surface area contributed by atoms with E-state index in [9.17, 15) is 28.0 Å². The van der Waals surface area contributed by atoms with Crippen LogP contribution in [0.15, 0.2) is 18.2 Å². The van der Waals surface area contributed by atoms with E-state index in [1.165, 1.54) is 4.90 Å². The molecule has 1 unspecified atom stereocenters. The van der Waals surface area contributed by atoms with Gasteiger partial charge in [0.2, 0.25) is 11.8 Å². The Kier molecular flexibility index (Phi) is 6.11. The molecule has 2 saturated heterocycles. The molecule has 5 atom stereocenters. The average molecular weight is 463 g/mol. The van der Waals surface area contributed by atoms with Crippen LogP contribution in [0.1, 0.15) is 26.7 Å². The number of nitrogens with one attached hydrogen (secondary N) is 2. The molecule has 3 aliphatic rings. The van der Waals surface area contributed by atoms with Gasteiger partial charge >= 0.3 is 0 Å². The molecule has 8 nitrogen and oxygen atoms in total. The predicted octanol–water partition coefficient (Wildman–Crippen LogP) is 1.04. The van der Waals surface area contributed by atoms with Crippen molar-refractivity contribution >= 4 is 24.0 Å². The van der Waals surface area contributed by atoms with Crippen LogP contribution in [0.3, 0.4) is 0 Å². The van der Waals surface area contributed by atoms with Crippen molar-refractivity contribution in [3.8, 4) is 5.75 Å². The number of likely N-dealkylation sites (tertiary alicyclic amines) is 1. The first-order valence-corrected chi connectivity index (χ1v) is 11.0. The van der Waals surface area contributed by atoms with Gasteiger partial charge in [-0.05, 0) is 30.1 Å². The molecular weight excluding hydrogens is 436 g/mol. The second-order valence-electron chi connectivity index (χ2n) is 9.60. The highest BCUT2D eigenvalue weighted by molar-refractivity contribution is 5.91. The predicted molar refractivity (Wildman–Crippen MR) is 112 cm³/mol. The van der Waals surface area contributed by atoms with Gasteiger partial charge in [-0.1, -0.05) is 13.8 Å². The Morgan fingerprint density at radius 1 is 1.30 bits per heavy atom. The third kappa shape index (κ3) is 4.56. The molecule has 2 heterocycles. The van der Waals surface area contributed by atoms with Crippen molar-refractivity contribution in [2.75, 3.05) is 19.7 Å². The van der Waals surface area contributed by atoms with Crippen molar-refractivity contribution in [3.63, 3.8) is 0 Å². The van der Waals surface area contributed by atoms with Crippen LogP contribution in [-0.2, 0) is 19.2 Å². The van der Waals surface area contributed by atoms with Gasteiger partial charge in [0.05, 0.1) is 6.04 Å². The largest absolute Gasteiger partial charge is 0.484 e. The minimum absolute atomic E-state index is 0.0739. The van der Waals surface area contributed by atoms with E-state index in [4.69, 9.17) is 4.74 Å². The molecule has 10 heteroatoms. The van der Waals surface area contributed by atoms with Crippen molar-refractivity contribution < 1.29 is 32.7 Å². The lowest BCUT2D eigenvalue weighted by molar-refractivity contribution is -0.142. The molecule has 2 aliphatic heterocycles. The highest BCUT2D eigenvalue weighted by Gasteiger charge is 2.69. The van der Waals surface area contributed by atoms with E-state index in [1.54, 1.807) is 0 Å². The van der Waals surface area contributed by atoms with Crippen LogP contribution < -0.4 is 15.4 Å². The van der Waals surface area contributed by atoms with E-state index < -0.39 is 42.1 Å². The number of amides is 3. The number of ether oxygens (including phenoxy) is 1. The lowest BCUT2D eigenvalue weighted by Crippen LogP contribution is -2.53. The van der Waals surface area contributed by atoms with Crippen LogP contribution >= 0.6 is 0 Å². The summed E-state index contributed by atoms with van der Waals surface area (Å²) < 4.78 is 32.0. The maximum Gasteiger partial charge on any atom is 0.261 e. The minimum Gasteiger partial charge on any atom is -0.484 e. The van der Waals surface area contributed by atoms with Gasteiger partial charge in [0.15, 0.2) is 6.61 Å². The molecule has 1 aliphatic carbocycles. The zero-order chi connectivity index (χ0) is 23.9. The quantitative estimate of drug-likeness (QED) is 0.561. The number of rotatable bonds is 8. The van der Waals surface area contributed by atoms with E-state index in [0.29, 0.717) is 31.9 Å². The SMILES string of the molecule is CC1(C)[C@@H]2C(C(=O)N[C@H](C=O)C[C@@H]3CCNC3=O)N(C(=O)COc3cc(F)cc(F)c3)C[C@@H]21. The third-order valence-electron chi connectivity index (χ3n) is 7.19. The second kappa shape index (κ2) is 8.72. The molecule has 2 N–H and O–H groups in total. The standard InChI is InChI=1S/C23H27F2N3O5/c1-23(2)17-9-28(18(30)11-33-16-7-13(24)6-14(25)8-16)20(19(17)23)22(32)27-15(10-29)5-12-3-4-26-21(12)31/h6-8,10,12,15,17,19-20H,3-5,9,11H2,1-2H3,(H,26,31)(H,27,32)/t12-,15-,17-,19-,20?/m0/s1. The van der Waals surface area contributed by atoms with Crippen LogP contribution in [0, 0.1) is 34.8 Å². The molecule has 3 fully saturated rings. The lowest BCUT2D eigenvalue weighted by Gasteiger charge is -2.31. The molecule has 0 spiro atoms. The zero-order valence-electron chi connectivity index (χ0n) is 18.5. The Morgan fingerprint density at radius 2 is 2.00 bits per heavy atom. The molecule has 178 valence electrons. The Balaban J connectivity index is 1.42. The Labute approximate surface area is 190 Å². The van der Waals surface area contributed by atoms with Gasteiger partial charge in [0.1, 0.15) is 29.7 Å². The van der Waals surface area contributed by atoms with Gasteiger partial charge in [-0.15, -0.1) is 0 Å². The molecule has 4 rings (SSSR count). The monoisotopic (exact) mass is 463 g/mol. The number of hydrogen-bond donors (Lipinski definition) is 2. The van der Waals surface area contributed by atoms with Gasteiger partial charge in [-0.25, -0.2) is 8.78 Å². The summed E-state index contributed by atoms with van der Waals surface area (Å²) in [7, 11) is 0. The summed E-state index contributed by atoms with van der Waals surface area (Å²) in [6.07, 6.45) is 1.41. The summed E-state index contributed by atoms with van der Waals surface area (Å²) in [6.45, 7) is 4.46. The fourth-order valence-electron chi connectivity index (χ4n) is 5.28. The van der Waals surface area contributed by atoms with Gasteiger partial charge in [-0.2, -0.15) is 0 Å². The number of hydrogen-bond acceptors (Lipinski definition) is 5. The van der Waals surface area contributed by atoms with Gasteiger partial charge < -0.3 is 25.1 Å². The average Bonchev–Trinajstić information content (AvgIpc) is 3.11. The molecule has 1 saturated carbocycles. The number of carbonyl (C=O) groups excluding carboxylic acids is 4. The van der Waals surface area contributed by atoms with Crippen LogP contribution in [0.4, 0.5) is 8.78 Å². The summed E-state index contributed by atoms with van der Waals surface area (Å²) >= 11 is 0. The number of fused-ring (bicyclic) bond motifs is 1. The number of aldehydes is 1. The zero-order valence-corrected chi connectivity index (χ0v) is 18.5. The van der Waals surface area contributed by atoms with Crippen LogP contribution in [0.25, 0.3) is 0 Å². The third-order valence-corrected chi connectivity index (χ3v) is 7.19. The van der Waals surface area contributed by atoms with Crippen molar-refractivity contribution in [2.45, 2.75) is 38.8 Å². The fraction of sp³-hybridized carbons (Fsp3) is 0.565. The topological polar surface area (TPSA) is 105 Å². The van der Waals surface area contributed by atoms with E-state index in [2.05, 4.69) is 10.6 Å². The highest BCUT2D eigenvalue weighted by Crippen LogP contribution is 2.64. The first-order chi connectivity index (χ1) is 15.6. The van der Waals surface area contributed by atoms with Gasteiger partial charge in [0, 0.05) is 37.2 Å². The van der Waals surface area contributed by atoms with Gasteiger partial charge in [0.25, 0.3) is 5.91 Å². The van der Waals surface area contributed by atoms with Crippen LogP contribution in [0.5, 0.6) is 5.75 Å². The second-order valence-corrected chi connectivity index (χ2v) is 9.60. The lowest BCUT2D eigenvalue weighted by atomic mass is 9.97. The number of halogens is 2. The summed E-state index contributed by atoms with van der Waals surface area (Å²) in [6, 6.07) is 1.02. The summed E-state index contributed by atoms with van der Waals surface area (Å²) in [5, 5.41) is 5.41. The molecule has 33 heavy (non-hydrogen) atoms. The van der Waals surface area contributed by atoms with Crippen molar-refractivity contribution in [1.29, 1.82) is 0 Å². The number of piperidine rings is 1. The van der Waals surface area contributed by atoms with Crippen LogP contribution in [-0.4, -0.2) is 60.7 Å². The van der Waals surface area contributed by atoms with Crippen molar-refractivity contribution in [2.24, 2.45) is 23.2 Å². The minimum atomic E-state index is -0.837. The molecular formula is C23H27F2N3O5. The smallest absolute Gasteiger partial charge is 0.261 e. The molecule has 0 aromatic heterocycles. The Morgan fingerprint density at radius 3 is 2.61 bits per heavy atom. The molecule has 0 bridgehead atoms. The summed E-state index contributed by atoms with van der Waals surface area (Å²) in [5.74, 6) is -3.13. The molecule has 1 aromatic rings. The first kappa shape index (κ1) is 23.1. The fourth-order valence-corrected chi connectivity index (χ4v) is 5.28. The molecule has 1 aromatic carbocycles. The summed E-state index contributed by atoms with van der Waals surface area (Å²) in [4.78, 5) is 50.9. The van der Waals surface area contributed by atoms with E-state index in [1.807, 2.05) is 13.8 Å².